The van der Waals surface area contributed by atoms with Crippen molar-refractivity contribution in [1.82, 2.24) is 4.90 Å². The molecule has 2 aliphatic heterocycles. The molecule has 2 saturated heterocycles. The average molecular weight is 269 g/mol. The highest BCUT2D eigenvalue weighted by molar-refractivity contribution is 5.29. The smallest absolute Gasteiger partial charge is 0.341 e. The molecule has 2 heterocycles. The van der Waals surface area contributed by atoms with Crippen LogP contribution in [0.5, 0.6) is 0 Å². The molecule has 0 radical (unpaired) electrons. The van der Waals surface area contributed by atoms with Crippen LogP contribution in [0.3, 0.4) is 0 Å². The number of hydrogen-bond acceptors (Lipinski definition) is 2. The fourth-order valence-corrected chi connectivity index (χ4v) is 2.88. The van der Waals surface area contributed by atoms with Crippen molar-refractivity contribution in [3.8, 4) is 0 Å². The van der Waals surface area contributed by atoms with Crippen LogP contribution in [0, 0.1) is 0 Å². The lowest BCUT2D eigenvalue weighted by Crippen LogP contribution is -2.40. The number of hydrogen-bond donors (Lipinski definition) is 0. The summed E-state index contributed by atoms with van der Waals surface area (Å²) in [5.41, 5.74) is -0.252. The zero-order valence-electron chi connectivity index (χ0n) is 10.2. The van der Waals surface area contributed by atoms with Gasteiger partial charge in [0, 0.05) is 13.0 Å². The van der Waals surface area contributed by atoms with Crippen LogP contribution in [0.4, 0.5) is 13.2 Å². The topological polar surface area (TPSA) is 12.2 Å². The van der Waals surface area contributed by atoms with Crippen LogP contribution >= 0.6 is 0 Å². The molecular weight excluding hydrogens is 255 g/mol. The van der Waals surface area contributed by atoms with Gasteiger partial charge in [-0.05, 0) is 5.56 Å². The van der Waals surface area contributed by atoms with E-state index >= 15 is 0 Å². The maximum Gasteiger partial charge on any atom is 0.416 e. The predicted molar refractivity (Wildman–Crippen MR) is 64.4 cm³/mol. The Morgan fingerprint density at radius 3 is 2.58 bits per heavy atom. The number of alkyl halides is 3. The van der Waals surface area contributed by atoms with E-state index in [2.05, 4.69) is 6.58 Å². The van der Waals surface area contributed by atoms with Crippen molar-refractivity contribution < 1.29 is 17.9 Å². The van der Waals surface area contributed by atoms with Crippen molar-refractivity contribution in [3.05, 3.63) is 48.6 Å². The van der Waals surface area contributed by atoms with Crippen molar-refractivity contribution in [2.45, 2.75) is 30.5 Å². The molecule has 0 amide bonds. The van der Waals surface area contributed by atoms with Crippen molar-refractivity contribution >= 4 is 0 Å². The van der Waals surface area contributed by atoms with E-state index in [-0.39, 0.29) is 0 Å². The van der Waals surface area contributed by atoms with E-state index in [0.717, 1.165) is 5.56 Å². The highest BCUT2D eigenvalue weighted by Crippen LogP contribution is 2.54. The van der Waals surface area contributed by atoms with Gasteiger partial charge in [-0.15, -0.1) is 6.58 Å². The lowest BCUT2D eigenvalue weighted by Gasteiger charge is -2.33. The quantitative estimate of drug-likeness (QED) is 0.617. The number of ether oxygens (including phenoxy) is 1. The molecule has 0 spiro atoms. The average Bonchev–Trinajstić information content (AvgIpc) is 3.09. The van der Waals surface area contributed by atoms with Gasteiger partial charge in [-0.25, -0.2) is 0 Å². The first-order valence-corrected chi connectivity index (χ1v) is 6.17. The van der Waals surface area contributed by atoms with E-state index in [9.17, 15) is 13.2 Å². The molecule has 0 aromatic heterocycles. The minimum Gasteiger partial charge on any atom is -0.341 e. The molecule has 0 saturated carbocycles. The minimum atomic E-state index is -4.32. The van der Waals surface area contributed by atoms with Gasteiger partial charge in [0.1, 0.15) is 0 Å². The number of fused-ring (bicyclic) bond motifs is 1. The maximum atomic E-state index is 13.0. The molecule has 5 heteroatoms. The zero-order chi connectivity index (χ0) is 13.7. The third-order valence-electron chi connectivity index (χ3n) is 3.75. The van der Waals surface area contributed by atoms with Gasteiger partial charge in [0.05, 0.1) is 6.04 Å². The summed E-state index contributed by atoms with van der Waals surface area (Å²) in [6.07, 6.45) is -4.06. The van der Waals surface area contributed by atoms with Crippen LogP contribution in [0.2, 0.25) is 0 Å². The van der Waals surface area contributed by atoms with Gasteiger partial charge in [0.15, 0.2) is 11.8 Å². The van der Waals surface area contributed by atoms with Gasteiger partial charge in [-0.1, -0.05) is 36.4 Å². The second-order valence-corrected chi connectivity index (χ2v) is 4.94. The summed E-state index contributed by atoms with van der Waals surface area (Å²) in [6, 6.07) is 8.50. The SMILES string of the molecule is C=CC[C@]1(c2ccccc2)O[C@H](C(F)(F)F)C2CN21. The fourth-order valence-electron chi connectivity index (χ4n) is 2.88. The number of rotatable bonds is 3. The number of halogens is 3. The summed E-state index contributed by atoms with van der Waals surface area (Å²) in [4.78, 5) is 1.77. The van der Waals surface area contributed by atoms with E-state index < -0.39 is 24.0 Å². The van der Waals surface area contributed by atoms with E-state index in [4.69, 9.17) is 4.74 Å². The molecular formula is C14H14F3NO. The molecule has 4 atom stereocenters. The Labute approximate surface area is 109 Å². The lowest BCUT2D eigenvalue weighted by molar-refractivity contribution is -0.243. The predicted octanol–water partition coefficient (Wildman–Crippen LogP) is 3.06. The Balaban J connectivity index is 1.98. The molecule has 2 nitrogen and oxygen atoms in total. The van der Waals surface area contributed by atoms with Crippen molar-refractivity contribution in [1.29, 1.82) is 0 Å². The number of benzene rings is 1. The molecule has 1 aromatic carbocycles. The Morgan fingerprint density at radius 1 is 1.37 bits per heavy atom. The van der Waals surface area contributed by atoms with E-state index in [1.807, 2.05) is 18.2 Å². The Morgan fingerprint density at radius 2 is 2.05 bits per heavy atom. The summed E-state index contributed by atoms with van der Waals surface area (Å²) >= 11 is 0. The van der Waals surface area contributed by atoms with Crippen LogP contribution in [0.1, 0.15) is 12.0 Å². The van der Waals surface area contributed by atoms with E-state index in [1.54, 1.807) is 23.1 Å². The second-order valence-electron chi connectivity index (χ2n) is 4.94. The van der Waals surface area contributed by atoms with Gasteiger partial charge >= 0.3 is 6.18 Å². The van der Waals surface area contributed by atoms with Gasteiger partial charge in [-0.2, -0.15) is 13.2 Å². The monoisotopic (exact) mass is 269 g/mol. The van der Waals surface area contributed by atoms with E-state index in [0.29, 0.717) is 13.0 Å². The first-order valence-electron chi connectivity index (χ1n) is 6.17. The fraction of sp³-hybridized carbons (Fsp3) is 0.429. The van der Waals surface area contributed by atoms with Crippen molar-refractivity contribution in [2.24, 2.45) is 0 Å². The van der Waals surface area contributed by atoms with Crippen LogP contribution < -0.4 is 0 Å². The van der Waals surface area contributed by atoms with Crippen LogP contribution in [-0.2, 0) is 10.5 Å². The highest BCUT2D eigenvalue weighted by atomic mass is 19.4. The normalized spacial score (nSPS) is 36.9. The second kappa shape index (κ2) is 4.08. The molecule has 19 heavy (non-hydrogen) atoms. The molecule has 0 bridgehead atoms. The molecule has 0 N–H and O–H groups in total. The van der Waals surface area contributed by atoms with Gasteiger partial charge in [-0.3, -0.25) is 4.90 Å². The molecule has 0 aliphatic carbocycles. The first kappa shape index (κ1) is 12.7. The third-order valence-corrected chi connectivity index (χ3v) is 3.75. The Hall–Kier alpha value is -1.33. The summed E-state index contributed by atoms with van der Waals surface area (Å²) in [5.74, 6) is 0. The largest absolute Gasteiger partial charge is 0.416 e. The summed E-state index contributed by atoms with van der Waals surface area (Å²) < 4.78 is 44.3. The summed E-state index contributed by atoms with van der Waals surface area (Å²) in [6.45, 7) is 4.07. The molecule has 2 unspecified atom stereocenters. The molecule has 102 valence electrons. The van der Waals surface area contributed by atoms with Crippen LogP contribution in [0.15, 0.2) is 43.0 Å². The van der Waals surface area contributed by atoms with Crippen LogP contribution in [0.25, 0.3) is 0 Å². The van der Waals surface area contributed by atoms with E-state index in [1.165, 1.54) is 0 Å². The molecule has 1 aromatic rings. The Bertz CT molecular complexity index is 487. The zero-order valence-corrected chi connectivity index (χ0v) is 10.2. The Kier molecular flexibility index (Phi) is 2.73. The molecule has 3 rings (SSSR count). The lowest BCUT2D eigenvalue weighted by atomic mass is 9.99. The van der Waals surface area contributed by atoms with Crippen molar-refractivity contribution in [2.75, 3.05) is 6.54 Å². The third kappa shape index (κ3) is 1.88. The highest BCUT2D eigenvalue weighted by Gasteiger charge is 2.68. The van der Waals surface area contributed by atoms with Gasteiger partial charge in [0.25, 0.3) is 0 Å². The van der Waals surface area contributed by atoms with Crippen molar-refractivity contribution in [3.63, 3.8) is 0 Å². The minimum absolute atomic E-state index is 0.347. The van der Waals surface area contributed by atoms with Gasteiger partial charge < -0.3 is 4.74 Å². The maximum absolute atomic E-state index is 13.0. The molecule has 2 fully saturated rings. The molecule has 2 aliphatic rings. The van der Waals surface area contributed by atoms with Crippen LogP contribution in [-0.4, -0.2) is 29.8 Å². The summed E-state index contributed by atoms with van der Waals surface area (Å²) in [5, 5.41) is 0. The summed E-state index contributed by atoms with van der Waals surface area (Å²) in [7, 11) is 0. The van der Waals surface area contributed by atoms with Gasteiger partial charge in [0.2, 0.25) is 0 Å². The first-order chi connectivity index (χ1) is 8.99. The number of nitrogens with zero attached hydrogens (tertiary/aromatic N) is 1. The standard InChI is InChI=1S/C14H14F3NO/c1-2-8-13(10-6-4-3-5-7-10)18-9-11(18)12(19-13)14(15,16)17/h2-7,11-12H,1,8-9H2/t11?,12-,13+,18?/m0/s1.